The number of carbonyl (C=O) groups excluding carboxylic acids is 2. The number of nitrogens with two attached hydrogens (primary N) is 1. The van der Waals surface area contributed by atoms with E-state index in [1.54, 1.807) is 51.4 Å². The summed E-state index contributed by atoms with van der Waals surface area (Å²) in [4.78, 5) is 46.7. The number of carbonyl (C=O) groups is 2. The Morgan fingerprint density at radius 3 is 2.48 bits per heavy atom. The molecule has 0 radical (unpaired) electrons. The quantitative estimate of drug-likeness (QED) is 0.104. The van der Waals surface area contributed by atoms with E-state index < -0.39 is 30.9 Å². The number of nitrogens with zero attached hydrogens (tertiary/aromatic N) is 6. The minimum absolute atomic E-state index is 0.103. The fraction of sp³-hybridized carbons (Fsp3) is 0.436. The smallest absolute Gasteiger partial charge is 0.418 e. The molecule has 3 saturated carbocycles. The molecule has 3 fully saturated rings. The van der Waals surface area contributed by atoms with Crippen LogP contribution in [0.15, 0.2) is 59.8 Å². The minimum atomic E-state index is -1.00. The topological polar surface area (TPSA) is 159 Å². The van der Waals surface area contributed by atoms with Gasteiger partial charge in [-0.05, 0) is 71.7 Å². The Morgan fingerprint density at radius 2 is 1.81 bits per heavy atom. The maximum atomic E-state index is 14.7. The van der Waals surface area contributed by atoms with Crippen LogP contribution >= 0.6 is 23.2 Å². The van der Waals surface area contributed by atoms with E-state index in [0.717, 1.165) is 19.3 Å². The molecule has 13 nitrogen and oxygen atoms in total. The third kappa shape index (κ3) is 6.88. The number of esters is 1. The van der Waals surface area contributed by atoms with Crippen molar-refractivity contribution < 1.29 is 19.1 Å². The first kappa shape index (κ1) is 37.6. The van der Waals surface area contributed by atoms with Crippen LogP contribution in [0.2, 0.25) is 10.0 Å². The lowest BCUT2D eigenvalue weighted by Gasteiger charge is -2.61. The average molecular weight is 776 g/mol. The Morgan fingerprint density at radius 1 is 1.07 bits per heavy atom. The molecule has 3 aliphatic carbocycles. The van der Waals surface area contributed by atoms with Crippen LogP contribution in [0, 0.1) is 17.3 Å². The Hall–Kier alpha value is -4.72. The van der Waals surface area contributed by atoms with Crippen LogP contribution in [-0.4, -0.2) is 56.0 Å². The molecule has 15 heteroatoms. The molecule has 1 unspecified atom stereocenters. The predicted molar refractivity (Wildman–Crippen MR) is 209 cm³/mol. The number of aryl methyl sites for hydroxylation is 1. The second kappa shape index (κ2) is 14.2. The zero-order valence-electron chi connectivity index (χ0n) is 31.1. The minimum Gasteiger partial charge on any atom is -0.427 e. The Balaban J connectivity index is 1.42. The Kier molecular flexibility index (Phi) is 9.86. The summed E-state index contributed by atoms with van der Waals surface area (Å²) in [5, 5.41) is 14.9. The van der Waals surface area contributed by atoms with Crippen LogP contribution in [0.5, 0.6) is 0 Å². The summed E-state index contributed by atoms with van der Waals surface area (Å²) in [6.45, 7) is 9.72. The molecule has 2 bridgehead atoms. The predicted octanol–water partition coefficient (Wildman–Crippen LogP) is 7.17. The second-order valence-corrected chi connectivity index (χ2v) is 16.9. The van der Waals surface area contributed by atoms with Gasteiger partial charge < -0.3 is 25.1 Å². The summed E-state index contributed by atoms with van der Waals surface area (Å²) < 4.78 is 14.4. The van der Waals surface area contributed by atoms with Crippen LogP contribution in [0.4, 0.5) is 16.2 Å². The van der Waals surface area contributed by atoms with Gasteiger partial charge in [-0.1, -0.05) is 75.2 Å². The van der Waals surface area contributed by atoms with E-state index in [4.69, 9.17) is 38.4 Å². The van der Waals surface area contributed by atoms with Gasteiger partial charge in [-0.15, -0.1) is 5.10 Å². The average Bonchev–Trinajstić information content (AvgIpc) is 3.54. The lowest BCUT2D eigenvalue weighted by Crippen LogP contribution is -2.59. The van der Waals surface area contributed by atoms with Crippen LogP contribution < -0.4 is 21.5 Å². The standard InChI is InChI=1S/C39H44Cl2N8O5/c1-21(2)31(42)36(51)53-20-54-37(52)49(23-12-27-32(28(40)13-23)43-17-29(41)33(27)44-19-38(3,4)5)34(30-18-48(46-45-30)39-14-22(15-39)16-39)25-8-7-9-26-24(25)10-11-47(6)35(26)50/h7-13,17-18,21-22,31,34H,14-16,19-20,42H2,1-6H3,(H,43,44)/t22?,31?,34-,39?/m0/s1. The number of nitrogens with one attached hydrogen (secondary N) is 1. The summed E-state index contributed by atoms with van der Waals surface area (Å²) >= 11 is 13.7. The largest absolute Gasteiger partial charge is 0.427 e. The van der Waals surface area contributed by atoms with E-state index in [2.05, 4.69) is 41.4 Å². The number of pyridine rings is 2. The first-order valence-electron chi connectivity index (χ1n) is 18.0. The molecule has 3 heterocycles. The van der Waals surface area contributed by atoms with E-state index in [1.165, 1.54) is 15.7 Å². The third-order valence-corrected chi connectivity index (χ3v) is 11.1. The van der Waals surface area contributed by atoms with E-state index in [1.807, 2.05) is 23.0 Å². The number of rotatable bonds is 11. The van der Waals surface area contributed by atoms with Crippen molar-refractivity contribution in [3.8, 4) is 0 Å². The molecular weight excluding hydrogens is 731 g/mol. The number of amides is 1. The van der Waals surface area contributed by atoms with Gasteiger partial charge in [0.25, 0.3) is 5.56 Å². The van der Waals surface area contributed by atoms with Gasteiger partial charge in [-0.3, -0.25) is 19.5 Å². The highest BCUT2D eigenvalue weighted by Gasteiger charge is 2.59. The van der Waals surface area contributed by atoms with E-state index in [0.29, 0.717) is 61.8 Å². The first-order chi connectivity index (χ1) is 25.6. The number of hydrogen-bond donors (Lipinski definition) is 2. The van der Waals surface area contributed by atoms with Gasteiger partial charge in [-0.2, -0.15) is 0 Å². The number of hydrogen-bond acceptors (Lipinski definition) is 10. The van der Waals surface area contributed by atoms with Crippen LogP contribution in [0.3, 0.4) is 0 Å². The highest BCUT2D eigenvalue weighted by atomic mass is 35.5. The van der Waals surface area contributed by atoms with Crippen molar-refractivity contribution in [2.75, 3.05) is 23.6 Å². The van der Waals surface area contributed by atoms with Gasteiger partial charge in [-0.25, -0.2) is 9.48 Å². The third-order valence-electron chi connectivity index (χ3n) is 10.5. The highest BCUT2D eigenvalue weighted by molar-refractivity contribution is 6.38. The van der Waals surface area contributed by atoms with Gasteiger partial charge in [0.1, 0.15) is 17.8 Å². The van der Waals surface area contributed by atoms with Crippen molar-refractivity contribution in [2.45, 2.75) is 71.5 Å². The maximum Gasteiger partial charge on any atom is 0.418 e. The van der Waals surface area contributed by atoms with Crippen LogP contribution in [0.25, 0.3) is 21.7 Å². The molecule has 54 heavy (non-hydrogen) atoms. The normalized spacial score (nSPS) is 18.9. The van der Waals surface area contributed by atoms with E-state index in [-0.39, 0.29) is 27.5 Å². The molecule has 3 aromatic heterocycles. The summed E-state index contributed by atoms with van der Waals surface area (Å²) in [6, 6.07) is 8.63. The van der Waals surface area contributed by atoms with Crippen LogP contribution in [-0.2, 0) is 26.9 Å². The highest BCUT2D eigenvalue weighted by Crippen LogP contribution is 2.62. The van der Waals surface area contributed by atoms with E-state index in [9.17, 15) is 14.4 Å². The second-order valence-electron chi connectivity index (χ2n) is 16.1. The first-order valence-corrected chi connectivity index (χ1v) is 18.7. The summed E-state index contributed by atoms with van der Waals surface area (Å²) in [5.74, 6) is -0.226. The lowest BCUT2D eigenvalue weighted by molar-refractivity contribution is -0.154. The molecule has 3 N–H and O–H groups in total. The molecule has 2 atom stereocenters. The molecular formula is C39H44Cl2N8O5. The number of aromatic nitrogens is 5. The molecule has 5 aromatic rings. The van der Waals surface area contributed by atoms with E-state index >= 15 is 0 Å². The molecule has 284 valence electrons. The number of fused-ring (bicyclic) bond motifs is 2. The molecule has 8 rings (SSSR count). The van der Waals surface area contributed by atoms with Crippen molar-refractivity contribution >= 4 is 68.3 Å². The SMILES string of the molecule is CC(C)C(N)C(=O)OCOC(=O)N(c1cc(Cl)c2ncc(Cl)c(NCC(C)(C)C)c2c1)[C@H](c1cn(C23CC(C2)C3)nn1)c1cccc2c(=O)n(C)ccc12. The van der Waals surface area contributed by atoms with Gasteiger partial charge in [0, 0.05) is 36.8 Å². The van der Waals surface area contributed by atoms with Gasteiger partial charge in [0.05, 0.1) is 38.7 Å². The maximum absolute atomic E-state index is 14.7. The number of ether oxygens (including phenoxy) is 2. The lowest BCUT2D eigenvalue weighted by atomic mass is 9.50. The summed E-state index contributed by atoms with van der Waals surface area (Å²) in [5.41, 5.74) is 7.94. The fourth-order valence-electron chi connectivity index (χ4n) is 7.24. The zero-order chi connectivity index (χ0) is 38.7. The van der Waals surface area contributed by atoms with Gasteiger partial charge in [0.15, 0.2) is 0 Å². The fourth-order valence-corrected chi connectivity index (χ4v) is 7.72. The molecule has 0 aliphatic heterocycles. The molecule has 1 amide bonds. The van der Waals surface area contributed by atoms with Crippen molar-refractivity contribution in [3.63, 3.8) is 0 Å². The number of halogens is 2. The van der Waals surface area contributed by atoms with Crippen LogP contribution in [0.1, 0.15) is 71.2 Å². The van der Waals surface area contributed by atoms with Gasteiger partial charge in [0.2, 0.25) is 6.79 Å². The number of anilines is 2. The Bertz CT molecular complexity index is 2320. The molecule has 2 aromatic carbocycles. The molecule has 0 spiro atoms. The van der Waals surface area contributed by atoms with Crippen molar-refractivity contribution in [2.24, 2.45) is 30.0 Å². The monoisotopic (exact) mass is 774 g/mol. The van der Waals surface area contributed by atoms with Gasteiger partial charge >= 0.3 is 12.1 Å². The Labute approximate surface area is 322 Å². The number of benzene rings is 2. The summed E-state index contributed by atoms with van der Waals surface area (Å²) in [6.07, 6.45) is 7.22. The van der Waals surface area contributed by atoms with Crippen molar-refractivity contribution in [3.05, 3.63) is 86.6 Å². The molecule has 3 aliphatic rings. The zero-order valence-corrected chi connectivity index (χ0v) is 32.6. The van der Waals surface area contributed by atoms with Crippen molar-refractivity contribution in [1.82, 2.24) is 24.5 Å². The summed E-state index contributed by atoms with van der Waals surface area (Å²) in [7, 11) is 1.68. The molecule has 0 saturated heterocycles. The van der Waals surface area contributed by atoms with Crippen molar-refractivity contribution in [1.29, 1.82) is 0 Å².